The van der Waals surface area contributed by atoms with Crippen LogP contribution in [-0.4, -0.2) is 48.6 Å². The Hall–Kier alpha value is -3.03. The number of hydrogen-bond acceptors (Lipinski definition) is 5. The predicted molar refractivity (Wildman–Crippen MR) is 109 cm³/mol. The van der Waals surface area contributed by atoms with Crippen LogP contribution >= 0.6 is 0 Å². The zero-order valence-corrected chi connectivity index (χ0v) is 17.1. The Morgan fingerprint density at radius 1 is 1.23 bits per heavy atom. The maximum Gasteiger partial charge on any atom is 0.338 e. The first-order valence-electron chi connectivity index (χ1n) is 10.6. The van der Waals surface area contributed by atoms with Gasteiger partial charge in [0.2, 0.25) is 5.91 Å². The highest BCUT2D eigenvalue weighted by Gasteiger charge is 2.43. The van der Waals surface area contributed by atoms with Crippen molar-refractivity contribution in [2.75, 3.05) is 19.8 Å². The van der Waals surface area contributed by atoms with Gasteiger partial charge in [-0.3, -0.25) is 9.69 Å². The van der Waals surface area contributed by atoms with Crippen LogP contribution in [0.4, 0.5) is 4.79 Å². The molecule has 30 heavy (non-hydrogen) atoms. The average molecular weight is 413 g/mol. The average Bonchev–Trinajstić information content (AvgIpc) is 3.13. The number of rotatable bonds is 6. The molecule has 2 heterocycles. The molecular weight excluding hydrogens is 386 g/mol. The lowest BCUT2D eigenvalue weighted by molar-refractivity contribution is -0.136. The van der Waals surface area contributed by atoms with E-state index in [0.717, 1.165) is 25.7 Å². The van der Waals surface area contributed by atoms with Gasteiger partial charge in [0.1, 0.15) is 18.9 Å². The minimum atomic E-state index is -0.678. The Morgan fingerprint density at radius 2 is 2.00 bits per heavy atom. The minimum Gasteiger partial charge on any atom is -0.494 e. The topological polar surface area (TPSA) is 97.0 Å². The summed E-state index contributed by atoms with van der Waals surface area (Å²) < 4.78 is 10.9. The maximum absolute atomic E-state index is 12.9. The smallest absolute Gasteiger partial charge is 0.338 e. The van der Waals surface area contributed by atoms with Crippen molar-refractivity contribution >= 4 is 17.9 Å². The second-order valence-electron chi connectivity index (χ2n) is 7.78. The van der Waals surface area contributed by atoms with E-state index in [1.54, 1.807) is 6.07 Å². The molecule has 0 unspecified atom stereocenters. The number of benzene rings is 1. The van der Waals surface area contributed by atoms with E-state index in [0.29, 0.717) is 29.2 Å². The van der Waals surface area contributed by atoms with Gasteiger partial charge in [0.25, 0.3) is 0 Å². The van der Waals surface area contributed by atoms with Crippen LogP contribution in [0.1, 0.15) is 50.6 Å². The summed E-state index contributed by atoms with van der Waals surface area (Å²) in [4.78, 5) is 39.3. The Kier molecular flexibility index (Phi) is 5.92. The fourth-order valence-electron chi connectivity index (χ4n) is 4.38. The number of nitrogens with zero attached hydrogens (tertiary/aromatic N) is 1. The summed E-state index contributed by atoms with van der Waals surface area (Å²) in [7, 11) is 0. The summed E-state index contributed by atoms with van der Waals surface area (Å²) >= 11 is 0. The van der Waals surface area contributed by atoms with E-state index in [9.17, 15) is 14.4 Å². The number of carbonyl (C=O) groups is 3. The van der Waals surface area contributed by atoms with Gasteiger partial charge in [-0.2, -0.15) is 0 Å². The van der Waals surface area contributed by atoms with Crippen molar-refractivity contribution in [2.24, 2.45) is 0 Å². The standard InChI is InChI=1S/C22H27N3O5/c1-2-29-17-11-7-6-10-15(17)20-19-16(13-30-21(19)27)25(22(28)24-20)12-18(26)23-14-8-4-3-5-9-14/h6-7,10-11,14,20H,2-5,8-9,12-13H2,1H3,(H,23,26)(H,24,28)/t20-/m1/s1. The molecule has 3 amide bonds. The first-order valence-corrected chi connectivity index (χ1v) is 10.6. The Morgan fingerprint density at radius 3 is 2.77 bits per heavy atom. The van der Waals surface area contributed by atoms with Crippen LogP contribution in [0.25, 0.3) is 0 Å². The molecule has 8 heteroatoms. The third-order valence-corrected chi connectivity index (χ3v) is 5.80. The molecule has 160 valence electrons. The lowest BCUT2D eigenvalue weighted by Crippen LogP contribution is -2.51. The molecule has 0 radical (unpaired) electrons. The van der Waals surface area contributed by atoms with Crippen LogP contribution < -0.4 is 15.4 Å². The molecular formula is C22H27N3O5. The van der Waals surface area contributed by atoms with Crippen LogP contribution in [0, 0.1) is 0 Å². The summed E-state index contributed by atoms with van der Waals surface area (Å²) in [6, 6.07) is 6.33. The fraction of sp³-hybridized carbons (Fsp3) is 0.500. The number of hydrogen-bond donors (Lipinski definition) is 2. The molecule has 3 aliphatic rings. The number of para-hydroxylation sites is 1. The Bertz CT molecular complexity index is 875. The molecule has 0 saturated heterocycles. The number of urea groups is 1. The quantitative estimate of drug-likeness (QED) is 0.698. The molecule has 1 aromatic rings. The monoisotopic (exact) mass is 413 g/mol. The number of amides is 3. The molecule has 0 bridgehead atoms. The van der Waals surface area contributed by atoms with E-state index in [-0.39, 0.29) is 25.1 Å². The van der Waals surface area contributed by atoms with E-state index in [4.69, 9.17) is 9.47 Å². The highest BCUT2D eigenvalue weighted by Crippen LogP contribution is 2.38. The van der Waals surface area contributed by atoms with Crippen molar-refractivity contribution in [1.82, 2.24) is 15.5 Å². The number of cyclic esters (lactones) is 1. The molecule has 0 aromatic heterocycles. The summed E-state index contributed by atoms with van der Waals surface area (Å²) in [6.45, 7) is 2.17. The molecule has 1 aliphatic carbocycles. The van der Waals surface area contributed by atoms with Gasteiger partial charge in [0.15, 0.2) is 0 Å². The van der Waals surface area contributed by atoms with Crippen molar-refractivity contribution in [3.8, 4) is 5.75 Å². The van der Waals surface area contributed by atoms with Crippen LogP contribution in [-0.2, 0) is 14.3 Å². The van der Waals surface area contributed by atoms with Gasteiger partial charge >= 0.3 is 12.0 Å². The number of nitrogens with one attached hydrogen (secondary N) is 2. The van der Waals surface area contributed by atoms with E-state index < -0.39 is 18.0 Å². The largest absolute Gasteiger partial charge is 0.494 e. The van der Waals surface area contributed by atoms with Gasteiger partial charge in [-0.05, 0) is 25.8 Å². The van der Waals surface area contributed by atoms with Crippen LogP contribution in [0.15, 0.2) is 35.5 Å². The fourth-order valence-corrected chi connectivity index (χ4v) is 4.38. The molecule has 0 spiro atoms. The summed E-state index contributed by atoms with van der Waals surface area (Å²) in [5.41, 5.74) is 1.48. The van der Waals surface area contributed by atoms with Crippen molar-refractivity contribution < 1.29 is 23.9 Å². The van der Waals surface area contributed by atoms with Crippen molar-refractivity contribution in [3.63, 3.8) is 0 Å². The van der Waals surface area contributed by atoms with E-state index in [2.05, 4.69) is 10.6 Å². The van der Waals surface area contributed by atoms with Gasteiger partial charge < -0.3 is 20.1 Å². The Balaban J connectivity index is 1.58. The highest BCUT2D eigenvalue weighted by molar-refractivity contribution is 5.98. The zero-order valence-electron chi connectivity index (χ0n) is 17.1. The van der Waals surface area contributed by atoms with Gasteiger partial charge in [-0.25, -0.2) is 9.59 Å². The predicted octanol–water partition coefficient (Wildman–Crippen LogP) is 2.41. The van der Waals surface area contributed by atoms with E-state index in [1.165, 1.54) is 11.3 Å². The SMILES string of the molecule is CCOc1ccccc1[C@H]1NC(=O)N(CC(=O)NC2CCCCC2)C2=C1C(=O)OC2. The molecule has 8 nitrogen and oxygen atoms in total. The molecule has 1 saturated carbocycles. The number of esters is 1. The first kappa shape index (κ1) is 20.3. The second kappa shape index (κ2) is 8.77. The van der Waals surface area contributed by atoms with Crippen molar-refractivity contribution in [1.29, 1.82) is 0 Å². The van der Waals surface area contributed by atoms with Crippen LogP contribution in [0.5, 0.6) is 5.75 Å². The van der Waals surface area contributed by atoms with Gasteiger partial charge in [-0.15, -0.1) is 0 Å². The highest BCUT2D eigenvalue weighted by atomic mass is 16.5. The number of carbonyl (C=O) groups excluding carboxylic acids is 3. The lowest BCUT2D eigenvalue weighted by atomic mass is 9.94. The molecule has 2 aliphatic heterocycles. The minimum absolute atomic E-state index is 0.0222. The molecule has 1 fully saturated rings. The number of ether oxygens (including phenoxy) is 2. The zero-order chi connectivity index (χ0) is 21.1. The summed E-state index contributed by atoms with van der Waals surface area (Å²) in [6.07, 6.45) is 5.33. The lowest BCUT2D eigenvalue weighted by Gasteiger charge is -2.33. The van der Waals surface area contributed by atoms with Crippen molar-refractivity contribution in [3.05, 3.63) is 41.1 Å². The van der Waals surface area contributed by atoms with Gasteiger partial charge in [-0.1, -0.05) is 37.5 Å². The van der Waals surface area contributed by atoms with Gasteiger partial charge in [0.05, 0.1) is 23.9 Å². The van der Waals surface area contributed by atoms with Crippen molar-refractivity contribution in [2.45, 2.75) is 51.1 Å². The second-order valence-corrected chi connectivity index (χ2v) is 7.78. The maximum atomic E-state index is 12.9. The summed E-state index contributed by atoms with van der Waals surface area (Å²) in [5, 5.41) is 5.88. The molecule has 1 aromatic carbocycles. The van der Waals surface area contributed by atoms with E-state index >= 15 is 0 Å². The summed E-state index contributed by atoms with van der Waals surface area (Å²) in [5.74, 6) is -0.115. The third kappa shape index (κ3) is 3.99. The molecule has 2 N–H and O–H groups in total. The third-order valence-electron chi connectivity index (χ3n) is 5.80. The van der Waals surface area contributed by atoms with Gasteiger partial charge in [0, 0.05) is 11.6 Å². The normalized spacial score (nSPS) is 21.8. The van der Waals surface area contributed by atoms with Crippen LogP contribution in [0.2, 0.25) is 0 Å². The molecule has 1 atom stereocenters. The van der Waals surface area contributed by atoms with Crippen LogP contribution in [0.3, 0.4) is 0 Å². The molecule has 4 rings (SSSR count). The Labute approximate surface area is 175 Å². The van der Waals surface area contributed by atoms with E-state index in [1.807, 2.05) is 25.1 Å². The first-order chi connectivity index (χ1) is 14.6.